The Morgan fingerprint density at radius 3 is 2.50 bits per heavy atom. The number of hydrogen-bond donors (Lipinski definition) is 2. The van der Waals surface area contributed by atoms with Gasteiger partial charge >= 0.3 is 6.18 Å². The maximum atomic E-state index is 14.0. The molecule has 2 N–H and O–H groups in total. The maximum absolute atomic E-state index is 14.0. The molecule has 2 fully saturated rings. The number of imidazole rings is 1. The molecule has 0 radical (unpaired) electrons. The van der Waals surface area contributed by atoms with Crippen LogP contribution in [0.5, 0.6) is 0 Å². The fourth-order valence-electron chi connectivity index (χ4n) is 5.54. The second-order valence-electron chi connectivity index (χ2n) is 11.3. The van der Waals surface area contributed by atoms with Crippen LogP contribution in [0.4, 0.5) is 22.0 Å². The first-order chi connectivity index (χ1) is 19.9. The molecule has 0 spiro atoms. The summed E-state index contributed by atoms with van der Waals surface area (Å²) in [6.07, 6.45) is 0.834. The van der Waals surface area contributed by atoms with Crippen LogP contribution in [0.15, 0.2) is 29.2 Å². The quantitative estimate of drug-likeness (QED) is 0.268. The monoisotopic (exact) mass is 596 g/mol. The number of halogens is 5. The lowest BCUT2D eigenvalue weighted by Crippen LogP contribution is -2.37. The fourth-order valence-corrected chi connectivity index (χ4v) is 5.54. The minimum absolute atomic E-state index is 0.0790. The van der Waals surface area contributed by atoms with Crippen molar-refractivity contribution < 1.29 is 36.1 Å². The summed E-state index contributed by atoms with van der Waals surface area (Å²) in [5, 5.41) is 14.0. The zero-order valence-electron chi connectivity index (χ0n) is 23.1. The molecule has 2 amide bonds. The standard InChI is InChI=1S/C28H33F5N6O3/c1-2-3-20-19(15-42-38-20)26(41)37-25(17-6-9-27(29,30)10-7-17)21-14-39-22(35-21)12-18(13-34-39)24(16-4-5-16)36-23(40)8-11-28(31,32)33/h12-17,24-25H,2-11H2,1H3,(H,36,40)(H,37,41)/t24-,25+/m1/s1. The first kappa shape index (κ1) is 29.9. The first-order valence-corrected chi connectivity index (χ1v) is 14.3. The number of nitrogens with one attached hydrogen (secondary N) is 2. The lowest BCUT2D eigenvalue weighted by atomic mass is 9.81. The molecule has 0 aliphatic heterocycles. The van der Waals surface area contributed by atoms with E-state index in [0.29, 0.717) is 29.0 Å². The van der Waals surface area contributed by atoms with Crippen LogP contribution in [0.2, 0.25) is 0 Å². The van der Waals surface area contributed by atoms with Gasteiger partial charge in [0.1, 0.15) is 11.8 Å². The Hall–Kier alpha value is -3.58. The number of alkyl halides is 5. The number of rotatable bonds is 11. The largest absolute Gasteiger partial charge is 0.389 e. The Labute approximate surface area is 238 Å². The van der Waals surface area contributed by atoms with E-state index in [1.165, 1.54) is 17.0 Å². The van der Waals surface area contributed by atoms with Crippen LogP contribution in [0, 0.1) is 11.8 Å². The van der Waals surface area contributed by atoms with E-state index in [9.17, 15) is 31.5 Å². The van der Waals surface area contributed by atoms with Gasteiger partial charge < -0.3 is 15.2 Å². The van der Waals surface area contributed by atoms with E-state index in [4.69, 9.17) is 4.52 Å². The molecule has 3 aromatic rings. The van der Waals surface area contributed by atoms with E-state index < -0.39 is 48.8 Å². The highest BCUT2D eigenvalue weighted by molar-refractivity contribution is 5.95. The van der Waals surface area contributed by atoms with Crippen molar-refractivity contribution in [3.63, 3.8) is 0 Å². The molecule has 0 saturated heterocycles. The summed E-state index contributed by atoms with van der Waals surface area (Å²) in [5.74, 6) is -4.12. The van der Waals surface area contributed by atoms with E-state index in [2.05, 4.69) is 25.9 Å². The Morgan fingerprint density at radius 1 is 1.12 bits per heavy atom. The molecule has 0 aromatic carbocycles. The number of hydrogen-bond acceptors (Lipinski definition) is 6. The second-order valence-corrected chi connectivity index (χ2v) is 11.3. The van der Waals surface area contributed by atoms with Gasteiger partial charge in [0.25, 0.3) is 5.91 Å². The zero-order chi connectivity index (χ0) is 30.1. The minimum Gasteiger partial charge on any atom is -0.364 e. The highest BCUT2D eigenvalue weighted by Crippen LogP contribution is 2.43. The first-order valence-electron chi connectivity index (χ1n) is 14.3. The third kappa shape index (κ3) is 7.24. The van der Waals surface area contributed by atoms with Crippen LogP contribution in [-0.4, -0.2) is 43.7 Å². The molecule has 9 nitrogen and oxygen atoms in total. The second kappa shape index (κ2) is 12.0. The lowest BCUT2D eigenvalue weighted by Gasteiger charge is -2.33. The smallest absolute Gasteiger partial charge is 0.364 e. The van der Waals surface area contributed by atoms with Crippen LogP contribution in [0.1, 0.15) is 104 Å². The van der Waals surface area contributed by atoms with E-state index >= 15 is 0 Å². The summed E-state index contributed by atoms with van der Waals surface area (Å²) in [4.78, 5) is 30.3. The van der Waals surface area contributed by atoms with Crippen LogP contribution < -0.4 is 10.6 Å². The minimum atomic E-state index is -4.43. The van der Waals surface area contributed by atoms with Crippen molar-refractivity contribution in [3.05, 3.63) is 47.2 Å². The molecular formula is C28H33F5N6O3. The summed E-state index contributed by atoms with van der Waals surface area (Å²) in [5.41, 5.74) is 2.23. The van der Waals surface area contributed by atoms with Crippen LogP contribution in [0.25, 0.3) is 5.65 Å². The molecule has 2 aliphatic rings. The third-order valence-electron chi connectivity index (χ3n) is 7.98. The maximum Gasteiger partial charge on any atom is 0.389 e. The highest BCUT2D eigenvalue weighted by atomic mass is 19.4. The van der Waals surface area contributed by atoms with E-state index in [1.54, 1.807) is 12.3 Å². The SMILES string of the molecule is CCCc1nocc1C(=O)N[C@H](c1cn2ncc([C@H](NC(=O)CCC(F)(F)F)C3CC3)cc2n1)C1CCC(F)(F)CC1. The van der Waals surface area contributed by atoms with Crippen LogP contribution in [-0.2, 0) is 11.2 Å². The molecule has 2 atom stereocenters. The summed E-state index contributed by atoms with van der Waals surface area (Å²) >= 11 is 0. The molecule has 2 saturated carbocycles. The predicted octanol–water partition coefficient (Wildman–Crippen LogP) is 5.88. The van der Waals surface area contributed by atoms with Gasteiger partial charge in [-0.05, 0) is 55.6 Å². The molecule has 228 valence electrons. The number of fused-ring (bicyclic) bond motifs is 1. The molecule has 5 rings (SSSR count). The Balaban J connectivity index is 1.39. The number of amides is 2. The van der Waals surface area contributed by atoms with Crippen molar-refractivity contribution in [2.24, 2.45) is 11.8 Å². The van der Waals surface area contributed by atoms with Gasteiger partial charge in [-0.15, -0.1) is 0 Å². The normalized spacial score (nSPS) is 19.0. The lowest BCUT2D eigenvalue weighted by molar-refractivity contribution is -0.144. The average Bonchev–Trinajstić information content (AvgIpc) is 3.51. The zero-order valence-corrected chi connectivity index (χ0v) is 23.1. The number of nitrogens with zero attached hydrogens (tertiary/aromatic N) is 4. The van der Waals surface area contributed by atoms with Gasteiger partial charge in [-0.1, -0.05) is 18.5 Å². The number of aromatic nitrogens is 4. The topological polar surface area (TPSA) is 114 Å². The summed E-state index contributed by atoms with van der Waals surface area (Å²) in [6.45, 7) is 1.95. The van der Waals surface area contributed by atoms with Gasteiger partial charge in [0, 0.05) is 19.3 Å². The van der Waals surface area contributed by atoms with E-state index in [0.717, 1.165) is 19.3 Å². The Bertz CT molecular complexity index is 1410. The number of aryl methyl sites for hydroxylation is 1. The average molecular weight is 597 g/mol. The van der Waals surface area contributed by atoms with Crippen molar-refractivity contribution in [3.8, 4) is 0 Å². The van der Waals surface area contributed by atoms with Gasteiger partial charge in [0.15, 0.2) is 5.65 Å². The number of carbonyl (C=O) groups excluding carboxylic acids is 2. The molecule has 2 aliphatic carbocycles. The molecule has 0 unspecified atom stereocenters. The van der Waals surface area contributed by atoms with Crippen molar-refractivity contribution in [1.82, 2.24) is 30.4 Å². The van der Waals surface area contributed by atoms with Crippen LogP contribution >= 0.6 is 0 Å². The van der Waals surface area contributed by atoms with Gasteiger partial charge in [-0.3, -0.25) is 9.59 Å². The summed E-state index contributed by atoms with van der Waals surface area (Å²) in [7, 11) is 0. The third-order valence-corrected chi connectivity index (χ3v) is 7.98. The van der Waals surface area contributed by atoms with Gasteiger partial charge in [0.2, 0.25) is 11.8 Å². The Kier molecular flexibility index (Phi) is 8.51. The predicted molar refractivity (Wildman–Crippen MR) is 139 cm³/mol. The molecule has 3 aromatic heterocycles. The highest BCUT2D eigenvalue weighted by Gasteiger charge is 2.40. The molecule has 42 heavy (non-hydrogen) atoms. The van der Waals surface area contributed by atoms with Gasteiger partial charge in [-0.2, -0.15) is 18.3 Å². The molecule has 0 bridgehead atoms. The van der Waals surface area contributed by atoms with E-state index in [1.807, 2.05) is 6.92 Å². The molecule has 14 heteroatoms. The summed E-state index contributed by atoms with van der Waals surface area (Å²) in [6, 6.07) is 0.506. The van der Waals surface area contributed by atoms with E-state index in [-0.39, 0.29) is 43.1 Å². The Morgan fingerprint density at radius 2 is 1.83 bits per heavy atom. The van der Waals surface area contributed by atoms with Crippen molar-refractivity contribution >= 4 is 17.5 Å². The molecular weight excluding hydrogens is 563 g/mol. The van der Waals surface area contributed by atoms with Crippen molar-refractivity contribution in [2.45, 2.75) is 95.3 Å². The number of carbonyl (C=O) groups is 2. The van der Waals surface area contributed by atoms with Gasteiger partial charge in [-0.25, -0.2) is 18.3 Å². The van der Waals surface area contributed by atoms with Crippen molar-refractivity contribution in [2.75, 3.05) is 0 Å². The summed E-state index contributed by atoms with van der Waals surface area (Å²) < 4.78 is 72.3. The fraction of sp³-hybridized carbons (Fsp3) is 0.607. The van der Waals surface area contributed by atoms with Crippen molar-refractivity contribution in [1.29, 1.82) is 0 Å². The van der Waals surface area contributed by atoms with Gasteiger partial charge in [0.05, 0.1) is 42.3 Å². The molecule has 3 heterocycles. The van der Waals surface area contributed by atoms with Crippen LogP contribution in [0.3, 0.4) is 0 Å².